The first kappa shape index (κ1) is 15.3. The summed E-state index contributed by atoms with van der Waals surface area (Å²) in [6.45, 7) is 0.638. The molecule has 1 N–H and O–H groups in total. The number of anilines is 2. The number of halogens is 1. The van der Waals surface area contributed by atoms with E-state index in [0.29, 0.717) is 29.4 Å². The van der Waals surface area contributed by atoms with Crippen molar-refractivity contribution in [2.24, 2.45) is 0 Å². The van der Waals surface area contributed by atoms with E-state index in [1.54, 1.807) is 28.5 Å². The maximum absolute atomic E-state index is 12.2. The van der Waals surface area contributed by atoms with Crippen molar-refractivity contribution in [1.29, 1.82) is 0 Å². The number of amides is 1. The first-order valence-corrected chi connectivity index (χ1v) is 9.38. The van der Waals surface area contributed by atoms with Gasteiger partial charge in [0.05, 0.1) is 16.4 Å². The van der Waals surface area contributed by atoms with E-state index in [0.717, 1.165) is 17.8 Å². The minimum absolute atomic E-state index is 0.0359. The standard InChI is InChI=1S/C14H13ClN2O3S2/c15-11-9-10(16-22(19,20)14-4-2-8-21-14)5-6-12(11)17-7-1-3-13(17)18/h2,4-6,8-9,16H,1,3,7H2. The van der Waals surface area contributed by atoms with E-state index in [2.05, 4.69) is 4.72 Å². The molecule has 116 valence electrons. The van der Waals surface area contributed by atoms with Crippen LogP contribution >= 0.6 is 22.9 Å². The van der Waals surface area contributed by atoms with Gasteiger partial charge >= 0.3 is 0 Å². The summed E-state index contributed by atoms with van der Waals surface area (Å²) in [4.78, 5) is 13.4. The van der Waals surface area contributed by atoms with Crippen LogP contribution in [0.25, 0.3) is 0 Å². The molecule has 2 aromatic rings. The molecule has 1 saturated heterocycles. The number of thiophene rings is 1. The largest absolute Gasteiger partial charge is 0.311 e. The van der Waals surface area contributed by atoms with Crippen molar-refractivity contribution in [3.63, 3.8) is 0 Å². The molecule has 0 bridgehead atoms. The molecular formula is C14H13ClN2O3S2. The highest BCUT2D eigenvalue weighted by molar-refractivity contribution is 7.94. The molecule has 1 aliphatic heterocycles. The third kappa shape index (κ3) is 2.97. The van der Waals surface area contributed by atoms with Crippen LogP contribution in [-0.4, -0.2) is 20.9 Å². The summed E-state index contributed by atoms with van der Waals surface area (Å²) in [6.07, 6.45) is 1.32. The third-order valence-electron chi connectivity index (χ3n) is 3.32. The molecular weight excluding hydrogens is 344 g/mol. The number of nitrogens with one attached hydrogen (secondary N) is 1. The highest BCUT2D eigenvalue weighted by Gasteiger charge is 2.24. The number of nitrogens with zero attached hydrogens (tertiary/aromatic N) is 1. The molecule has 1 aromatic carbocycles. The topological polar surface area (TPSA) is 66.5 Å². The van der Waals surface area contributed by atoms with E-state index in [9.17, 15) is 13.2 Å². The second-order valence-electron chi connectivity index (χ2n) is 4.85. The van der Waals surface area contributed by atoms with Crippen molar-refractivity contribution >= 4 is 50.2 Å². The summed E-state index contributed by atoms with van der Waals surface area (Å²) in [6, 6.07) is 8.00. The van der Waals surface area contributed by atoms with Gasteiger partial charge in [-0.1, -0.05) is 17.7 Å². The van der Waals surface area contributed by atoms with Gasteiger partial charge in [0.1, 0.15) is 4.21 Å². The van der Waals surface area contributed by atoms with E-state index in [-0.39, 0.29) is 10.1 Å². The highest BCUT2D eigenvalue weighted by atomic mass is 35.5. The molecule has 1 fully saturated rings. The summed E-state index contributed by atoms with van der Waals surface area (Å²) in [5.74, 6) is 0.0359. The van der Waals surface area contributed by atoms with Gasteiger partial charge in [0.25, 0.3) is 10.0 Å². The fraction of sp³-hybridized carbons (Fsp3) is 0.214. The minimum atomic E-state index is -3.60. The van der Waals surface area contributed by atoms with Crippen molar-refractivity contribution in [1.82, 2.24) is 0 Å². The summed E-state index contributed by atoms with van der Waals surface area (Å²) >= 11 is 7.34. The molecule has 0 unspecified atom stereocenters. The Bertz CT molecular complexity index is 804. The lowest BCUT2D eigenvalue weighted by molar-refractivity contribution is -0.117. The monoisotopic (exact) mass is 356 g/mol. The Hall–Kier alpha value is -1.57. The number of hydrogen-bond acceptors (Lipinski definition) is 4. The molecule has 2 heterocycles. The summed E-state index contributed by atoms with van der Waals surface area (Å²) in [5.41, 5.74) is 0.983. The molecule has 0 aliphatic carbocycles. The molecule has 5 nitrogen and oxygen atoms in total. The lowest BCUT2D eigenvalue weighted by Gasteiger charge is -2.18. The predicted molar refractivity (Wildman–Crippen MR) is 88.2 cm³/mol. The fourth-order valence-electron chi connectivity index (χ4n) is 2.31. The van der Waals surface area contributed by atoms with Crippen molar-refractivity contribution in [3.8, 4) is 0 Å². The molecule has 0 radical (unpaired) electrons. The van der Waals surface area contributed by atoms with Crippen LogP contribution in [0.4, 0.5) is 11.4 Å². The molecule has 0 spiro atoms. The van der Waals surface area contributed by atoms with Gasteiger partial charge in [-0.15, -0.1) is 11.3 Å². The van der Waals surface area contributed by atoms with Crippen molar-refractivity contribution in [3.05, 3.63) is 40.7 Å². The molecule has 8 heteroatoms. The van der Waals surface area contributed by atoms with Crippen LogP contribution in [0.1, 0.15) is 12.8 Å². The van der Waals surface area contributed by atoms with Crippen molar-refractivity contribution in [2.75, 3.05) is 16.2 Å². The van der Waals surface area contributed by atoms with Crippen molar-refractivity contribution in [2.45, 2.75) is 17.1 Å². The zero-order chi connectivity index (χ0) is 15.7. The number of carbonyl (C=O) groups is 1. The van der Waals surface area contributed by atoms with Crippen molar-refractivity contribution < 1.29 is 13.2 Å². The molecule has 3 rings (SSSR count). The lowest BCUT2D eigenvalue weighted by Crippen LogP contribution is -2.24. The van der Waals surface area contributed by atoms with Crippen LogP contribution < -0.4 is 9.62 Å². The Balaban J connectivity index is 1.85. The van der Waals surface area contributed by atoms with E-state index < -0.39 is 10.0 Å². The highest BCUT2D eigenvalue weighted by Crippen LogP contribution is 2.32. The van der Waals surface area contributed by atoms with Crippen LogP contribution in [0.15, 0.2) is 39.9 Å². The Morgan fingerprint density at radius 1 is 1.27 bits per heavy atom. The van der Waals surface area contributed by atoms with Gasteiger partial charge in [-0.05, 0) is 36.1 Å². The van der Waals surface area contributed by atoms with Gasteiger partial charge in [-0.2, -0.15) is 0 Å². The van der Waals surface area contributed by atoms with Gasteiger partial charge < -0.3 is 4.90 Å². The van der Waals surface area contributed by atoms with Crippen LogP contribution in [0.2, 0.25) is 5.02 Å². The number of sulfonamides is 1. The number of rotatable bonds is 4. The number of hydrogen-bond donors (Lipinski definition) is 1. The normalized spacial score (nSPS) is 15.3. The first-order chi connectivity index (χ1) is 10.5. The zero-order valence-electron chi connectivity index (χ0n) is 11.5. The van der Waals surface area contributed by atoms with Crippen LogP contribution in [0.3, 0.4) is 0 Å². The Morgan fingerprint density at radius 2 is 2.09 bits per heavy atom. The van der Waals surface area contributed by atoms with Crippen LogP contribution in [0.5, 0.6) is 0 Å². The van der Waals surface area contributed by atoms with Gasteiger partial charge in [0.2, 0.25) is 5.91 Å². The SMILES string of the molecule is O=C1CCCN1c1ccc(NS(=O)(=O)c2cccs2)cc1Cl. The molecule has 1 aliphatic rings. The zero-order valence-corrected chi connectivity index (χ0v) is 13.8. The molecule has 22 heavy (non-hydrogen) atoms. The number of benzene rings is 1. The van der Waals surface area contributed by atoms with Gasteiger partial charge in [-0.3, -0.25) is 9.52 Å². The summed E-state index contributed by atoms with van der Waals surface area (Å²) in [7, 11) is -3.60. The van der Waals surface area contributed by atoms with E-state index in [4.69, 9.17) is 11.6 Å². The summed E-state index contributed by atoms with van der Waals surface area (Å²) in [5, 5.41) is 2.05. The first-order valence-electron chi connectivity index (χ1n) is 6.63. The second-order valence-corrected chi connectivity index (χ2v) is 8.12. The maximum Gasteiger partial charge on any atom is 0.271 e. The second kappa shape index (κ2) is 5.91. The Kier molecular flexibility index (Phi) is 4.12. The Labute approximate surface area is 137 Å². The van der Waals surface area contributed by atoms with Gasteiger partial charge in [0, 0.05) is 13.0 Å². The Morgan fingerprint density at radius 3 is 2.68 bits per heavy atom. The molecule has 1 amide bonds. The average molecular weight is 357 g/mol. The summed E-state index contributed by atoms with van der Waals surface area (Å²) < 4.78 is 27.0. The van der Waals surface area contributed by atoms with Gasteiger partial charge in [0.15, 0.2) is 0 Å². The van der Waals surface area contributed by atoms with Gasteiger partial charge in [-0.25, -0.2) is 8.42 Å². The smallest absolute Gasteiger partial charge is 0.271 e. The average Bonchev–Trinajstić information content (AvgIpc) is 3.10. The van der Waals surface area contributed by atoms with Crippen LogP contribution in [-0.2, 0) is 14.8 Å². The maximum atomic E-state index is 12.2. The lowest BCUT2D eigenvalue weighted by atomic mass is 10.2. The number of carbonyl (C=O) groups excluding carboxylic acids is 1. The van der Waals surface area contributed by atoms with E-state index in [1.807, 2.05) is 0 Å². The molecule has 0 saturated carbocycles. The van der Waals surface area contributed by atoms with E-state index >= 15 is 0 Å². The quantitative estimate of drug-likeness (QED) is 0.913. The van der Waals surface area contributed by atoms with E-state index in [1.165, 1.54) is 12.1 Å². The minimum Gasteiger partial charge on any atom is -0.311 e. The third-order valence-corrected chi connectivity index (χ3v) is 6.41. The molecule has 1 aromatic heterocycles. The van der Waals surface area contributed by atoms with Crippen LogP contribution in [0, 0.1) is 0 Å². The fourth-order valence-corrected chi connectivity index (χ4v) is 4.64. The predicted octanol–water partition coefficient (Wildman–Crippen LogP) is 3.33. The molecule has 0 atom stereocenters.